The molecule has 25 heavy (non-hydrogen) atoms. The van der Waals surface area contributed by atoms with E-state index in [9.17, 15) is 27.9 Å². The molecule has 0 bridgehead atoms. The molecular weight excluding hydrogens is 388 g/mol. The largest absolute Gasteiger partial charge is 0.466 e. The lowest BCUT2D eigenvalue weighted by molar-refractivity contribution is -0.294. The number of hydrogen-bond donors (Lipinski definition) is 3. The lowest BCUT2D eigenvalue weighted by Crippen LogP contribution is -2.73. The fourth-order valence-corrected chi connectivity index (χ4v) is 2.83. The molecular formula is C14H13Cl2F3N2O4. The Morgan fingerprint density at radius 1 is 1.36 bits per heavy atom. The molecule has 0 spiro atoms. The normalized spacial score (nSPS) is 26.6. The molecule has 11 heteroatoms. The molecule has 1 aliphatic heterocycles. The van der Waals surface area contributed by atoms with E-state index >= 15 is 0 Å². The van der Waals surface area contributed by atoms with Crippen LogP contribution in [0.4, 0.5) is 18.0 Å². The maximum Gasteiger partial charge on any atom is 0.437 e. The molecule has 0 unspecified atom stereocenters. The van der Waals surface area contributed by atoms with E-state index in [0.29, 0.717) is 0 Å². The molecule has 0 aliphatic carbocycles. The summed E-state index contributed by atoms with van der Waals surface area (Å²) in [5.41, 5.74) is -3.77. The van der Waals surface area contributed by atoms with Crippen molar-refractivity contribution in [2.24, 2.45) is 5.92 Å². The predicted molar refractivity (Wildman–Crippen MR) is 82.0 cm³/mol. The van der Waals surface area contributed by atoms with Gasteiger partial charge in [-0.3, -0.25) is 4.79 Å². The molecule has 1 fully saturated rings. The molecule has 0 radical (unpaired) electrons. The molecule has 6 nitrogen and oxygen atoms in total. The number of ether oxygens (including phenoxy) is 1. The van der Waals surface area contributed by atoms with Crippen LogP contribution in [0.2, 0.25) is 10.0 Å². The Hall–Kier alpha value is -1.71. The summed E-state index contributed by atoms with van der Waals surface area (Å²) in [6, 6.07) is 0.921. The van der Waals surface area contributed by atoms with Crippen molar-refractivity contribution in [3.63, 3.8) is 0 Å². The van der Waals surface area contributed by atoms with Crippen LogP contribution >= 0.6 is 23.2 Å². The van der Waals surface area contributed by atoms with Gasteiger partial charge in [0.1, 0.15) is 5.92 Å². The van der Waals surface area contributed by atoms with Gasteiger partial charge in [-0.1, -0.05) is 29.3 Å². The number of urea groups is 1. The first-order valence-electron chi connectivity index (χ1n) is 7.00. The maximum absolute atomic E-state index is 13.4. The highest BCUT2D eigenvalue weighted by Gasteiger charge is 2.67. The number of nitrogens with one attached hydrogen (secondary N) is 2. The third-order valence-electron chi connectivity index (χ3n) is 3.65. The highest BCUT2D eigenvalue weighted by molar-refractivity contribution is 6.42. The Balaban J connectivity index is 2.59. The van der Waals surface area contributed by atoms with Crippen LogP contribution in [-0.4, -0.2) is 35.6 Å². The van der Waals surface area contributed by atoms with E-state index in [1.54, 1.807) is 0 Å². The molecule has 1 saturated heterocycles. The summed E-state index contributed by atoms with van der Waals surface area (Å²) in [6.45, 7) is 1.18. The quantitative estimate of drug-likeness (QED) is 0.680. The van der Waals surface area contributed by atoms with Crippen LogP contribution in [0.15, 0.2) is 18.2 Å². The van der Waals surface area contributed by atoms with Crippen LogP contribution in [0.25, 0.3) is 0 Å². The molecule has 0 saturated carbocycles. The van der Waals surface area contributed by atoms with Gasteiger partial charge in [0.05, 0.1) is 22.7 Å². The topological polar surface area (TPSA) is 87.7 Å². The van der Waals surface area contributed by atoms with E-state index in [1.165, 1.54) is 30.4 Å². The first kappa shape index (κ1) is 19.6. The van der Waals surface area contributed by atoms with E-state index in [4.69, 9.17) is 23.2 Å². The highest BCUT2D eigenvalue weighted by Crippen LogP contribution is 2.43. The number of carbonyl (C=O) groups excluding carboxylic acids is 2. The number of benzene rings is 1. The number of esters is 1. The predicted octanol–water partition coefficient (Wildman–Crippen LogP) is 2.78. The molecule has 1 heterocycles. The average molecular weight is 401 g/mol. The summed E-state index contributed by atoms with van der Waals surface area (Å²) in [6.07, 6.45) is -5.34. The van der Waals surface area contributed by atoms with Crippen LogP contribution < -0.4 is 10.6 Å². The van der Waals surface area contributed by atoms with Gasteiger partial charge in [0.25, 0.3) is 5.72 Å². The van der Waals surface area contributed by atoms with Crippen LogP contribution in [0.1, 0.15) is 18.5 Å². The number of hydrogen-bond acceptors (Lipinski definition) is 4. The van der Waals surface area contributed by atoms with Gasteiger partial charge in [0.2, 0.25) is 0 Å². The molecule has 138 valence electrons. The average Bonchev–Trinajstić information content (AvgIpc) is 2.48. The minimum absolute atomic E-state index is 0.00473. The van der Waals surface area contributed by atoms with Crippen molar-refractivity contribution >= 4 is 35.2 Å². The monoisotopic (exact) mass is 400 g/mol. The number of alkyl halides is 3. The minimum Gasteiger partial charge on any atom is -0.466 e. The zero-order valence-electron chi connectivity index (χ0n) is 12.7. The van der Waals surface area contributed by atoms with Crippen LogP contribution in [0.5, 0.6) is 0 Å². The molecule has 2 rings (SSSR count). The first-order valence-corrected chi connectivity index (χ1v) is 7.76. The van der Waals surface area contributed by atoms with Crippen molar-refractivity contribution in [2.45, 2.75) is 24.9 Å². The van der Waals surface area contributed by atoms with Crippen molar-refractivity contribution in [1.82, 2.24) is 10.6 Å². The van der Waals surface area contributed by atoms with Gasteiger partial charge < -0.3 is 20.5 Å². The molecule has 2 amide bonds. The van der Waals surface area contributed by atoms with Gasteiger partial charge in [-0.2, -0.15) is 13.2 Å². The lowest BCUT2D eigenvalue weighted by Gasteiger charge is -2.44. The molecule has 1 aromatic carbocycles. The van der Waals surface area contributed by atoms with Gasteiger partial charge >= 0.3 is 18.2 Å². The van der Waals surface area contributed by atoms with Gasteiger partial charge in [-0.15, -0.1) is 0 Å². The fourth-order valence-electron chi connectivity index (χ4n) is 2.52. The SMILES string of the molecule is CCOC(=O)[C@H]1[C@H](c2ccc(Cl)c(Cl)c2)NC(=O)N[C@]1(O)C(F)(F)F. The number of rotatable bonds is 3. The second-order valence-electron chi connectivity index (χ2n) is 5.24. The summed E-state index contributed by atoms with van der Waals surface area (Å²) in [4.78, 5) is 23.9. The molecule has 3 atom stereocenters. The second kappa shape index (κ2) is 6.89. The smallest absolute Gasteiger partial charge is 0.437 e. The number of aliphatic hydroxyl groups is 1. The molecule has 3 N–H and O–H groups in total. The van der Waals surface area contributed by atoms with E-state index < -0.39 is 35.9 Å². The summed E-state index contributed by atoms with van der Waals surface area (Å²) in [5.74, 6) is -3.55. The summed E-state index contributed by atoms with van der Waals surface area (Å²) < 4.78 is 45.0. The standard InChI is InChI=1S/C14H13Cl2F3N2O4/c1-2-25-11(22)9-10(6-3-4-7(15)8(16)5-6)20-12(23)21-13(9,24)14(17,18)19/h3-5,9-10,24H,2H2,1H3,(H2,20,21,23)/t9-,10+,13-/m1/s1. The van der Waals surface area contributed by atoms with Crippen molar-refractivity contribution in [3.05, 3.63) is 33.8 Å². The number of amides is 2. The summed E-state index contributed by atoms with van der Waals surface area (Å²) in [7, 11) is 0. The summed E-state index contributed by atoms with van der Waals surface area (Å²) >= 11 is 11.6. The Morgan fingerprint density at radius 3 is 2.52 bits per heavy atom. The maximum atomic E-state index is 13.4. The molecule has 1 aliphatic rings. The van der Waals surface area contributed by atoms with Crippen molar-refractivity contribution in [1.29, 1.82) is 0 Å². The summed E-state index contributed by atoms with van der Waals surface area (Å²) in [5, 5.41) is 13.8. The Labute approximate surface area is 150 Å². The second-order valence-corrected chi connectivity index (χ2v) is 6.06. The molecule has 1 aromatic rings. The van der Waals surface area contributed by atoms with E-state index in [-0.39, 0.29) is 22.2 Å². The Kier molecular flexibility index (Phi) is 5.41. The highest BCUT2D eigenvalue weighted by atomic mass is 35.5. The van der Waals surface area contributed by atoms with Crippen molar-refractivity contribution in [2.75, 3.05) is 6.61 Å². The van der Waals surface area contributed by atoms with Crippen molar-refractivity contribution in [3.8, 4) is 0 Å². The van der Waals surface area contributed by atoms with Gasteiger partial charge in [-0.25, -0.2) is 4.79 Å². The third-order valence-corrected chi connectivity index (χ3v) is 4.39. The zero-order valence-corrected chi connectivity index (χ0v) is 14.2. The lowest BCUT2D eigenvalue weighted by atomic mass is 9.82. The number of carbonyl (C=O) groups is 2. The minimum atomic E-state index is -5.34. The van der Waals surface area contributed by atoms with Crippen molar-refractivity contribution < 1.29 is 32.6 Å². The van der Waals surface area contributed by atoms with E-state index in [2.05, 4.69) is 10.1 Å². The zero-order chi connectivity index (χ0) is 19.0. The van der Waals surface area contributed by atoms with E-state index in [1.807, 2.05) is 0 Å². The van der Waals surface area contributed by atoms with Gasteiger partial charge in [-0.05, 0) is 24.6 Å². The Morgan fingerprint density at radius 2 is 2.00 bits per heavy atom. The van der Waals surface area contributed by atoms with E-state index in [0.717, 1.165) is 0 Å². The molecule has 0 aromatic heterocycles. The van der Waals surface area contributed by atoms with Crippen LogP contribution in [-0.2, 0) is 9.53 Å². The van der Waals surface area contributed by atoms with Gasteiger partial charge in [0, 0.05) is 0 Å². The Bertz CT molecular complexity index is 701. The van der Waals surface area contributed by atoms with Crippen LogP contribution in [0.3, 0.4) is 0 Å². The third kappa shape index (κ3) is 3.63. The fraction of sp³-hybridized carbons (Fsp3) is 0.429. The van der Waals surface area contributed by atoms with Gasteiger partial charge in [0.15, 0.2) is 0 Å². The number of halogens is 5. The van der Waals surface area contributed by atoms with Crippen LogP contribution in [0, 0.1) is 5.92 Å². The first-order chi connectivity index (χ1) is 11.5.